The standard InChI is InChI=1S/C10H7F3N4OS/c11-10(12,13)7-2-1-5(3-15-7)16-8(18)6-4-19-9(14)17-6/h1-4H,(H2,14,17)(H,16,18). The number of aromatic nitrogens is 2. The van der Waals surface area contributed by atoms with Gasteiger partial charge in [-0.1, -0.05) is 0 Å². The molecule has 2 rings (SSSR count). The van der Waals surface area contributed by atoms with Crippen molar-refractivity contribution in [2.45, 2.75) is 6.18 Å². The SMILES string of the molecule is Nc1nc(C(=O)Nc2ccc(C(F)(F)F)nc2)cs1. The van der Waals surface area contributed by atoms with Gasteiger partial charge < -0.3 is 11.1 Å². The van der Waals surface area contributed by atoms with E-state index in [0.29, 0.717) is 0 Å². The van der Waals surface area contributed by atoms with Crippen LogP contribution >= 0.6 is 11.3 Å². The number of nitrogen functional groups attached to an aromatic ring is 1. The molecular weight excluding hydrogens is 281 g/mol. The van der Waals surface area contributed by atoms with E-state index in [0.717, 1.165) is 29.7 Å². The van der Waals surface area contributed by atoms with E-state index in [-0.39, 0.29) is 16.5 Å². The lowest BCUT2D eigenvalue weighted by atomic mass is 10.3. The van der Waals surface area contributed by atoms with Crippen molar-refractivity contribution in [1.82, 2.24) is 9.97 Å². The second-order valence-corrected chi connectivity index (χ2v) is 4.34. The molecular formula is C10H7F3N4OS. The number of halogens is 3. The third kappa shape index (κ3) is 3.19. The molecule has 2 heterocycles. The van der Waals surface area contributed by atoms with E-state index < -0.39 is 17.8 Å². The summed E-state index contributed by atoms with van der Waals surface area (Å²) in [6.45, 7) is 0. The maximum atomic E-state index is 12.3. The normalized spacial score (nSPS) is 11.3. The van der Waals surface area contributed by atoms with Gasteiger partial charge in [-0.2, -0.15) is 13.2 Å². The molecule has 0 unspecified atom stereocenters. The number of nitrogens with one attached hydrogen (secondary N) is 1. The molecule has 5 nitrogen and oxygen atoms in total. The van der Waals surface area contributed by atoms with Crippen LogP contribution in [0.1, 0.15) is 16.2 Å². The first-order valence-electron chi connectivity index (χ1n) is 4.92. The van der Waals surface area contributed by atoms with Crippen LogP contribution in [0.2, 0.25) is 0 Å². The summed E-state index contributed by atoms with van der Waals surface area (Å²) in [6.07, 6.45) is -3.58. The highest BCUT2D eigenvalue weighted by Crippen LogP contribution is 2.27. The molecule has 0 bridgehead atoms. The molecule has 1 amide bonds. The minimum absolute atomic E-state index is 0.0994. The number of nitrogens with zero attached hydrogens (tertiary/aromatic N) is 2. The van der Waals surface area contributed by atoms with E-state index >= 15 is 0 Å². The topological polar surface area (TPSA) is 80.9 Å². The average Bonchev–Trinajstić information content (AvgIpc) is 2.75. The smallest absolute Gasteiger partial charge is 0.375 e. The number of amides is 1. The first-order valence-corrected chi connectivity index (χ1v) is 5.80. The fraction of sp³-hybridized carbons (Fsp3) is 0.100. The van der Waals surface area contributed by atoms with Gasteiger partial charge in [-0.15, -0.1) is 11.3 Å². The molecule has 0 saturated heterocycles. The highest BCUT2D eigenvalue weighted by Gasteiger charge is 2.32. The number of pyridine rings is 1. The molecule has 0 radical (unpaired) electrons. The van der Waals surface area contributed by atoms with Gasteiger partial charge in [0.25, 0.3) is 5.91 Å². The zero-order chi connectivity index (χ0) is 14.0. The summed E-state index contributed by atoms with van der Waals surface area (Å²) in [5.74, 6) is -0.561. The number of anilines is 2. The summed E-state index contributed by atoms with van der Waals surface area (Å²) in [6, 6.07) is 1.90. The van der Waals surface area contributed by atoms with E-state index in [1.165, 1.54) is 5.38 Å². The number of rotatable bonds is 2. The first-order chi connectivity index (χ1) is 8.86. The number of thiazole rings is 1. The molecule has 9 heteroatoms. The Bertz CT molecular complexity index is 594. The van der Waals surface area contributed by atoms with Crippen LogP contribution in [0.25, 0.3) is 0 Å². The highest BCUT2D eigenvalue weighted by molar-refractivity contribution is 7.13. The summed E-state index contributed by atoms with van der Waals surface area (Å²) < 4.78 is 36.8. The first kappa shape index (κ1) is 13.3. The van der Waals surface area contributed by atoms with Gasteiger partial charge in [0.05, 0.1) is 11.9 Å². The van der Waals surface area contributed by atoms with Crippen molar-refractivity contribution in [3.8, 4) is 0 Å². The Labute approximate surface area is 109 Å². The van der Waals surface area contributed by atoms with Gasteiger partial charge in [0.1, 0.15) is 11.4 Å². The predicted octanol–water partition coefficient (Wildman–Crippen LogP) is 2.39. The maximum absolute atomic E-state index is 12.3. The molecule has 0 spiro atoms. The Morgan fingerprint density at radius 3 is 2.58 bits per heavy atom. The quantitative estimate of drug-likeness (QED) is 0.889. The number of alkyl halides is 3. The second-order valence-electron chi connectivity index (χ2n) is 3.45. The van der Waals surface area contributed by atoms with E-state index in [2.05, 4.69) is 15.3 Å². The van der Waals surface area contributed by atoms with Crippen molar-refractivity contribution < 1.29 is 18.0 Å². The molecule has 3 N–H and O–H groups in total. The van der Waals surface area contributed by atoms with E-state index in [1.54, 1.807) is 0 Å². The van der Waals surface area contributed by atoms with Crippen LogP contribution in [0.5, 0.6) is 0 Å². The van der Waals surface area contributed by atoms with Gasteiger partial charge in [-0.05, 0) is 12.1 Å². The van der Waals surface area contributed by atoms with Crippen molar-refractivity contribution >= 4 is 28.1 Å². The fourth-order valence-electron chi connectivity index (χ4n) is 1.22. The van der Waals surface area contributed by atoms with Crippen molar-refractivity contribution in [3.05, 3.63) is 35.1 Å². The monoisotopic (exact) mass is 288 g/mol. The van der Waals surface area contributed by atoms with Gasteiger partial charge in [0.15, 0.2) is 5.13 Å². The van der Waals surface area contributed by atoms with Crippen molar-refractivity contribution in [2.24, 2.45) is 0 Å². The van der Waals surface area contributed by atoms with Gasteiger partial charge in [-0.25, -0.2) is 9.97 Å². The Morgan fingerprint density at radius 1 is 1.37 bits per heavy atom. The van der Waals surface area contributed by atoms with Crippen LogP contribution in [-0.2, 0) is 6.18 Å². The molecule has 0 aliphatic carbocycles. The zero-order valence-electron chi connectivity index (χ0n) is 9.23. The summed E-state index contributed by atoms with van der Waals surface area (Å²) >= 11 is 1.09. The highest BCUT2D eigenvalue weighted by atomic mass is 32.1. The molecule has 0 aliphatic heterocycles. The number of nitrogens with two attached hydrogens (primary N) is 1. The third-order valence-corrected chi connectivity index (χ3v) is 2.74. The largest absolute Gasteiger partial charge is 0.433 e. The zero-order valence-corrected chi connectivity index (χ0v) is 10.0. The molecule has 100 valence electrons. The maximum Gasteiger partial charge on any atom is 0.433 e. The van der Waals surface area contributed by atoms with Crippen molar-refractivity contribution in [1.29, 1.82) is 0 Å². The molecule has 0 aliphatic rings. The molecule has 19 heavy (non-hydrogen) atoms. The number of hydrogen-bond acceptors (Lipinski definition) is 5. The van der Waals surface area contributed by atoms with Crippen molar-refractivity contribution in [3.63, 3.8) is 0 Å². The fourth-order valence-corrected chi connectivity index (χ4v) is 1.77. The van der Waals surface area contributed by atoms with E-state index in [9.17, 15) is 18.0 Å². The average molecular weight is 288 g/mol. The van der Waals surface area contributed by atoms with Gasteiger partial charge >= 0.3 is 6.18 Å². The Balaban J connectivity index is 2.10. The van der Waals surface area contributed by atoms with E-state index in [4.69, 9.17) is 5.73 Å². The van der Waals surface area contributed by atoms with E-state index in [1.807, 2.05) is 0 Å². The number of hydrogen-bond donors (Lipinski definition) is 2. The lowest BCUT2D eigenvalue weighted by Crippen LogP contribution is -2.13. The summed E-state index contributed by atoms with van der Waals surface area (Å²) in [5, 5.41) is 4.05. The lowest BCUT2D eigenvalue weighted by Gasteiger charge is -2.07. The molecule has 0 saturated carbocycles. The number of carbonyl (C=O) groups is 1. The van der Waals surface area contributed by atoms with Crippen molar-refractivity contribution in [2.75, 3.05) is 11.1 Å². The summed E-state index contributed by atoms with van der Waals surface area (Å²) in [4.78, 5) is 18.6. The predicted molar refractivity (Wildman–Crippen MR) is 63.7 cm³/mol. The molecule has 2 aromatic heterocycles. The summed E-state index contributed by atoms with van der Waals surface area (Å²) in [7, 11) is 0. The van der Waals surface area contributed by atoms with Gasteiger partial charge in [0.2, 0.25) is 0 Å². The second kappa shape index (κ2) is 4.84. The molecule has 0 fully saturated rings. The molecule has 0 aromatic carbocycles. The minimum atomic E-state index is -4.51. The number of carbonyl (C=O) groups excluding carboxylic acids is 1. The Kier molecular flexibility index (Phi) is 3.38. The summed E-state index contributed by atoms with van der Waals surface area (Å²) in [5.41, 5.74) is 4.59. The van der Waals surface area contributed by atoms with Crippen LogP contribution in [0, 0.1) is 0 Å². The van der Waals surface area contributed by atoms with Crippen LogP contribution < -0.4 is 11.1 Å². The minimum Gasteiger partial charge on any atom is -0.375 e. The Hall–Kier alpha value is -2.16. The van der Waals surface area contributed by atoms with Crippen LogP contribution in [0.4, 0.5) is 24.0 Å². The molecule has 0 atom stereocenters. The van der Waals surface area contributed by atoms with Gasteiger partial charge in [-0.3, -0.25) is 4.79 Å². The molecule has 2 aromatic rings. The van der Waals surface area contributed by atoms with Crippen LogP contribution in [0.3, 0.4) is 0 Å². The lowest BCUT2D eigenvalue weighted by molar-refractivity contribution is -0.141. The third-order valence-electron chi connectivity index (χ3n) is 2.07. The van der Waals surface area contributed by atoms with Crippen LogP contribution in [-0.4, -0.2) is 15.9 Å². The van der Waals surface area contributed by atoms with Gasteiger partial charge in [0, 0.05) is 5.38 Å². The van der Waals surface area contributed by atoms with Crippen LogP contribution in [0.15, 0.2) is 23.7 Å². The Morgan fingerprint density at radius 2 is 2.11 bits per heavy atom.